The van der Waals surface area contributed by atoms with Crippen LogP contribution in [-0.2, 0) is 0 Å². The van der Waals surface area contributed by atoms with Gasteiger partial charge in [-0.3, -0.25) is 9.69 Å². The molecule has 1 aliphatic heterocycles. The van der Waals surface area contributed by atoms with Crippen LogP contribution in [0.5, 0.6) is 0 Å². The first-order valence-corrected chi connectivity index (χ1v) is 6.91. The summed E-state index contributed by atoms with van der Waals surface area (Å²) in [7, 11) is 0. The Morgan fingerprint density at radius 3 is 2.43 bits per heavy atom. The van der Waals surface area contributed by atoms with Crippen LogP contribution in [-0.4, -0.2) is 54.0 Å². The minimum Gasteiger partial charge on any atom is -0.336 e. The lowest BCUT2D eigenvalue weighted by atomic mass is 10.1. The summed E-state index contributed by atoms with van der Waals surface area (Å²) >= 11 is 0. The van der Waals surface area contributed by atoms with Gasteiger partial charge in [0.1, 0.15) is 5.82 Å². The van der Waals surface area contributed by atoms with E-state index in [-0.39, 0.29) is 29.7 Å². The highest BCUT2D eigenvalue weighted by Gasteiger charge is 2.24. The van der Waals surface area contributed by atoms with Crippen LogP contribution in [0.2, 0.25) is 0 Å². The van der Waals surface area contributed by atoms with Gasteiger partial charge in [-0.05, 0) is 32.0 Å². The van der Waals surface area contributed by atoms with Crippen molar-refractivity contribution in [3.05, 3.63) is 35.6 Å². The number of carbonyl (C=O) groups excluding carboxylic acids is 1. The van der Waals surface area contributed by atoms with Gasteiger partial charge in [0.15, 0.2) is 0 Å². The number of nitrogens with zero attached hydrogens (tertiary/aromatic N) is 2. The van der Waals surface area contributed by atoms with Gasteiger partial charge in [0.05, 0.1) is 0 Å². The molecule has 0 aromatic heterocycles. The van der Waals surface area contributed by atoms with E-state index in [9.17, 15) is 9.18 Å². The molecule has 2 rings (SSSR count). The monoisotopic (exact) mass is 315 g/mol. The highest BCUT2D eigenvalue weighted by Crippen LogP contribution is 2.11. The Morgan fingerprint density at radius 1 is 1.29 bits per heavy atom. The second-order valence-corrected chi connectivity index (χ2v) is 6.07. The Hall–Kier alpha value is -1.17. The van der Waals surface area contributed by atoms with Crippen LogP contribution < -0.4 is 5.73 Å². The van der Waals surface area contributed by atoms with Crippen LogP contribution in [0.1, 0.15) is 24.2 Å². The summed E-state index contributed by atoms with van der Waals surface area (Å²) in [5, 5.41) is 0. The van der Waals surface area contributed by atoms with Crippen molar-refractivity contribution in [1.29, 1.82) is 0 Å². The number of carbonyl (C=O) groups is 1. The van der Waals surface area contributed by atoms with Gasteiger partial charge in [-0.15, -0.1) is 12.4 Å². The number of hydrogen-bond donors (Lipinski definition) is 1. The van der Waals surface area contributed by atoms with Gasteiger partial charge in [0.2, 0.25) is 0 Å². The number of rotatable bonds is 3. The second-order valence-electron chi connectivity index (χ2n) is 6.07. The summed E-state index contributed by atoms with van der Waals surface area (Å²) in [5.74, 6) is -0.476. The number of halogens is 2. The summed E-state index contributed by atoms with van der Waals surface area (Å²) in [6.45, 7) is 7.74. The molecule has 0 saturated carbocycles. The topological polar surface area (TPSA) is 49.6 Å². The molecule has 0 bridgehead atoms. The molecule has 0 spiro atoms. The number of benzene rings is 1. The lowest BCUT2D eigenvalue weighted by molar-refractivity contribution is 0.0615. The lowest BCUT2D eigenvalue weighted by Crippen LogP contribution is -2.54. The fourth-order valence-corrected chi connectivity index (χ4v) is 2.49. The average molecular weight is 316 g/mol. The van der Waals surface area contributed by atoms with Gasteiger partial charge in [0.25, 0.3) is 5.91 Å². The molecule has 0 atom stereocenters. The van der Waals surface area contributed by atoms with E-state index in [0.717, 1.165) is 19.6 Å². The van der Waals surface area contributed by atoms with E-state index in [1.165, 1.54) is 12.1 Å². The van der Waals surface area contributed by atoms with E-state index in [0.29, 0.717) is 18.7 Å². The molecule has 0 radical (unpaired) electrons. The van der Waals surface area contributed by atoms with Gasteiger partial charge < -0.3 is 10.6 Å². The molecule has 1 heterocycles. The van der Waals surface area contributed by atoms with Crippen molar-refractivity contribution in [3.8, 4) is 0 Å². The van der Waals surface area contributed by atoms with Crippen molar-refractivity contribution in [1.82, 2.24) is 9.80 Å². The molecule has 1 aromatic rings. The molecule has 1 saturated heterocycles. The Bertz CT molecular complexity index is 482. The summed E-state index contributed by atoms with van der Waals surface area (Å²) in [5.41, 5.74) is 6.19. The van der Waals surface area contributed by atoms with E-state index in [1.807, 2.05) is 13.8 Å². The van der Waals surface area contributed by atoms with Crippen LogP contribution in [0.25, 0.3) is 0 Å². The standard InChI is InChI=1S/C15H22FN3O.ClH/c1-15(2,17)11-18-6-8-19(9-7-18)14(20)12-4-3-5-13(16)10-12;/h3-5,10H,6-9,11,17H2,1-2H3;1H. The highest BCUT2D eigenvalue weighted by molar-refractivity contribution is 5.94. The smallest absolute Gasteiger partial charge is 0.254 e. The average Bonchev–Trinajstić information content (AvgIpc) is 2.37. The van der Waals surface area contributed by atoms with Crippen molar-refractivity contribution < 1.29 is 9.18 Å². The second kappa shape index (κ2) is 7.20. The molecule has 4 nitrogen and oxygen atoms in total. The maximum absolute atomic E-state index is 13.1. The first kappa shape index (κ1) is 17.9. The predicted octanol–water partition coefficient (Wildman–Crippen LogP) is 1.74. The molecular formula is C15H23ClFN3O. The van der Waals surface area contributed by atoms with Gasteiger partial charge in [-0.2, -0.15) is 0 Å². The van der Waals surface area contributed by atoms with Gasteiger partial charge >= 0.3 is 0 Å². The van der Waals surface area contributed by atoms with Crippen LogP contribution in [0.3, 0.4) is 0 Å². The van der Waals surface area contributed by atoms with E-state index in [1.54, 1.807) is 17.0 Å². The molecular weight excluding hydrogens is 293 g/mol. The van der Waals surface area contributed by atoms with Gasteiger partial charge in [-0.1, -0.05) is 6.07 Å². The number of piperazine rings is 1. The van der Waals surface area contributed by atoms with Crippen molar-refractivity contribution >= 4 is 18.3 Å². The molecule has 0 aliphatic carbocycles. The first-order chi connectivity index (χ1) is 9.35. The summed E-state index contributed by atoms with van der Waals surface area (Å²) in [4.78, 5) is 16.3. The number of nitrogens with two attached hydrogens (primary N) is 1. The molecule has 1 fully saturated rings. The summed E-state index contributed by atoms with van der Waals surface area (Å²) < 4.78 is 13.1. The Balaban J connectivity index is 0.00000220. The van der Waals surface area contributed by atoms with E-state index >= 15 is 0 Å². The van der Waals surface area contributed by atoms with Crippen LogP contribution in [0.4, 0.5) is 4.39 Å². The van der Waals surface area contributed by atoms with Gasteiger partial charge in [-0.25, -0.2) is 4.39 Å². The molecule has 118 valence electrons. The normalized spacial score (nSPS) is 16.5. The molecule has 6 heteroatoms. The maximum atomic E-state index is 13.1. The van der Waals surface area contributed by atoms with E-state index in [2.05, 4.69) is 4.90 Å². The molecule has 21 heavy (non-hydrogen) atoms. The Labute approximate surface area is 131 Å². The third-order valence-electron chi connectivity index (χ3n) is 3.36. The zero-order valence-corrected chi connectivity index (χ0v) is 13.3. The first-order valence-electron chi connectivity index (χ1n) is 6.91. The SMILES string of the molecule is CC(C)(N)CN1CCN(C(=O)c2cccc(F)c2)CC1.Cl. The summed E-state index contributed by atoms with van der Waals surface area (Å²) in [6.07, 6.45) is 0. The van der Waals surface area contributed by atoms with Crippen molar-refractivity contribution in [2.45, 2.75) is 19.4 Å². The Morgan fingerprint density at radius 2 is 1.90 bits per heavy atom. The fraction of sp³-hybridized carbons (Fsp3) is 0.533. The number of amides is 1. The quantitative estimate of drug-likeness (QED) is 0.924. The van der Waals surface area contributed by atoms with Crippen molar-refractivity contribution in [2.24, 2.45) is 5.73 Å². The zero-order chi connectivity index (χ0) is 14.8. The van der Waals surface area contributed by atoms with Gasteiger partial charge in [0, 0.05) is 43.8 Å². The molecule has 1 aliphatic rings. The minimum atomic E-state index is -0.376. The highest BCUT2D eigenvalue weighted by atomic mass is 35.5. The number of hydrogen-bond acceptors (Lipinski definition) is 3. The Kier molecular flexibility index (Phi) is 6.13. The molecule has 1 amide bonds. The van der Waals surface area contributed by atoms with Crippen molar-refractivity contribution in [2.75, 3.05) is 32.7 Å². The maximum Gasteiger partial charge on any atom is 0.254 e. The van der Waals surface area contributed by atoms with E-state index < -0.39 is 0 Å². The fourth-order valence-electron chi connectivity index (χ4n) is 2.49. The zero-order valence-electron chi connectivity index (χ0n) is 12.5. The molecule has 0 unspecified atom stereocenters. The van der Waals surface area contributed by atoms with Crippen LogP contribution in [0.15, 0.2) is 24.3 Å². The predicted molar refractivity (Wildman–Crippen MR) is 84.3 cm³/mol. The third-order valence-corrected chi connectivity index (χ3v) is 3.36. The van der Waals surface area contributed by atoms with E-state index in [4.69, 9.17) is 5.73 Å². The van der Waals surface area contributed by atoms with Crippen molar-refractivity contribution in [3.63, 3.8) is 0 Å². The van der Waals surface area contributed by atoms with Crippen LogP contribution >= 0.6 is 12.4 Å². The molecule has 2 N–H and O–H groups in total. The summed E-state index contributed by atoms with van der Waals surface area (Å²) in [6, 6.07) is 5.85. The van der Waals surface area contributed by atoms with Crippen LogP contribution in [0, 0.1) is 5.82 Å². The third kappa shape index (κ3) is 5.26. The largest absolute Gasteiger partial charge is 0.336 e. The minimum absolute atomic E-state index is 0. The lowest BCUT2D eigenvalue weighted by Gasteiger charge is -2.37. The molecule has 1 aromatic carbocycles.